The van der Waals surface area contributed by atoms with Crippen LogP contribution in [-0.4, -0.2) is 58.6 Å². The molecule has 0 heterocycles. The van der Waals surface area contributed by atoms with Crippen molar-refractivity contribution in [3.63, 3.8) is 0 Å². The van der Waals surface area contributed by atoms with Crippen molar-refractivity contribution in [1.82, 2.24) is 0 Å². The Balaban J connectivity index is 1.91. The lowest BCUT2D eigenvalue weighted by Gasteiger charge is -2.61. The van der Waals surface area contributed by atoms with E-state index in [2.05, 4.69) is 0 Å². The van der Waals surface area contributed by atoms with Crippen LogP contribution in [0.25, 0.3) is 0 Å². The van der Waals surface area contributed by atoms with Crippen molar-refractivity contribution in [1.29, 1.82) is 0 Å². The van der Waals surface area contributed by atoms with Gasteiger partial charge in [-0.3, -0.25) is 24.0 Å². The molecule has 0 amide bonds. The highest BCUT2D eigenvalue weighted by Crippen LogP contribution is 2.71. The first-order chi connectivity index (χ1) is 19.2. The van der Waals surface area contributed by atoms with Gasteiger partial charge in [0.15, 0.2) is 23.7 Å². The summed E-state index contributed by atoms with van der Waals surface area (Å²) in [5.74, 6) is -5.21. The van der Waals surface area contributed by atoms with Crippen molar-refractivity contribution in [3.8, 4) is 0 Å². The summed E-state index contributed by atoms with van der Waals surface area (Å²) in [6.45, 7) is 9.14. The van der Waals surface area contributed by atoms with E-state index in [4.69, 9.17) is 14.2 Å². The minimum atomic E-state index is -2.36. The number of ketones is 2. The number of hydrogen-bond acceptors (Lipinski definition) is 9. The summed E-state index contributed by atoms with van der Waals surface area (Å²) in [6, 6.07) is 0. The Morgan fingerprint density at radius 1 is 1.05 bits per heavy atom. The quantitative estimate of drug-likeness (QED) is 0.339. The molecule has 0 radical (unpaired) electrons. The third-order valence-electron chi connectivity index (χ3n) is 9.95. The van der Waals surface area contributed by atoms with Crippen LogP contribution in [0.1, 0.15) is 73.6 Å². The number of carbonyl (C=O) groups is 5. The zero-order valence-electron chi connectivity index (χ0n) is 24.5. The number of halogens is 1. The third kappa shape index (κ3) is 4.32. The van der Waals surface area contributed by atoms with Gasteiger partial charge in [0.05, 0.1) is 11.5 Å². The summed E-state index contributed by atoms with van der Waals surface area (Å²) in [6.07, 6.45) is 3.69. The second kappa shape index (κ2) is 10.6. The Kier molecular flexibility index (Phi) is 7.97. The molecular weight excluding hydrogens is 535 g/mol. The van der Waals surface area contributed by atoms with Crippen LogP contribution in [0.5, 0.6) is 0 Å². The molecule has 2 fully saturated rings. The number of aliphatic hydroxyl groups is 1. The van der Waals surface area contributed by atoms with Gasteiger partial charge in [0, 0.05) is 42.1 Å². The molecule has 10 heteroatoms. The summed E-state index contributed by atoms with van der Waals surface area (Å²) in [5, 5.41) is 11.7. The molecule has 41 heavy (non-hydrogen) atoms. The van der Waals surface area contributed by atoms with Gasteiger partial charge in [0.25, 0.3) is 0 Å². The van der Waals surface area contributed by atoms with E-state index in [-0.39, 0.29) is 43.4 Å². The van der Waals surface area contributed by atoms with Gasteiger partial charge >= 0.3 is 17.9 Å². The molecule has 0 aromatic rings. The number of ether oxygens (including phenoxy) is 3. The molecule has 0 bridgehead atoms. The number of rotatable bonds is 8. The maximum Gasteiger partial charge on any atom is 0.310 e. The number of fused-ring (bicyclic) bond motifs is 5. The number of aliphatic hydroxyl groups excluding tert-OH is 1. The third-order valence-corrected chi connectivity index (χ3v) is 9.95. The SMILES string of the molecule is CCC(=O)OCC(=O)[C@]1(OC(=O)CC)[C@@H](C)C[C@H]2[C@@H]3C=C(OC(=O)CC)C4=CC(=O)C=C[C@]4(C)[C@@]3(F)[C@@H](O)C[C@@]21C. The minimum Gasteiger partial charge on any atom is -0.457 e. The van der Waals surface area contributed by atoms with Gasteiger partial charge in [-0.2, -0.15) is 0 Å². The van der Waals surface area contributed by atoms with Gasteiger partial charge in [-0.05, 0) is 43.9 Å². The van der Waals surface area contributed by atoms with Gasteiger partial charge in [-0.15, -0.1) is 0 Å². The average Bonchev–Trinajstić information content (AvgIpc) is 3.15. The molecule has 0 aromatic heterocycles. The molecule has 8 atom stereocenters. The summed E-state index contributed by atoms with van der Waals surface area (Å²) in [4.78, 5) is 63.5. The lowest BCUT2D eigenvalue weighted by molar-refractivity contribution is -0.219. The number of hydrogen-bond donors (Lipinski definition) is 1. The van der Waals surface area contributed by atoms with E-state index in [1.165, 1.54) is 24.3 Å². The van der Waals surface area contributed by atoms with Gasteiger partial charge in [0.1, 0.15) is 5.76 Å². The Morgan fingerprint density at radius 2 is 1.68 bits per heavy atom. The maximum atomic E-state index is 17.8. The zero-order chi connectivity index (χ0) is 30.5. The molecular formula is C31H39FO9. The first-order valence-electron chi connectivity index (χ1n) is 14.3. The molecule has 0 spiro atoms. The Morgan fingerprint density at radius 3 is 2.29 bits per heavy atom. The van der Waals surface area contributed by atoms with E-state index in [1.54, 1.807) is 41.5 Å². The number of alkyl halides is 1. The molecule has 4 aliphatic rings. The normalized spacial score (nSPS) is 39.0. The summed E-state index contributed by atoms with van der Waals surface area (Å²) in [5.41, 5.74) is -6.84. The van der Waals surface area contributed by atoms with Crippen LogP contribution in [0.2, 0.25) is 0 Å². The smallest absolute Gasteiger partial charge is 0.310 e. The fraction of sp³-hybridized carbons (Fsp3) is 0.645. The van der Waals surface area contributed by atoms with Crippen LogP contribution in [0.15, 0.2) is 35.6 Å². The first kappa shape index (κ1) is 30.8. The number of allylic oxidation sites excluding steroid dienone is 5. The van der Waals surface area contributed by atoms with Crippen molar-refractivity contribution in [2.24, 2.45) is 28.6 Å². The summed E-state index contributed by atoms with van der Waals surface area (Å²) >= 11 is 0. The van der Waals surface area contributed by atoms with Crippen molar-refractivity contribution in [2.45, 2.75) is 91.0 Å². The van der Waals surface area contributed by atoms with Gasteiger partial charge in [0.2, 0.25) is 5.78 Å². The van der Waals surface area contributed by atoms with Crippen LogP contribution in [-0.2, 0) is 38.2 Å². The van der Waals surface area contributed by atoms with Crippen LogP contribution in [0.4, 0.5) is 4.39 Å². The van der Waals surface area contributed by atoms with E-state index in [0.29, 0.717) is 0 Å². The van der Waals surface area contributed by atoms with Crippen molar-refractivity contribution >= 4 is 29.5 Å². The predicted octanol–water partition coefficient (Wildman–Crippen LogP) is 3.87. The molecule has 0 aromatic carbocycles. The zero-order valence-corrected chi connectivity index (χ0v) is 24.5. The van der Waals surface area contributed by atoms with Crippen LogP contribution >= 0.6 is 0 Å². The van der Waals surface area contributed by atoms with Crippen LogP contribution < -0.4 is 0 Å². The van der Waals surface area contributed by atoms with Gasteiger partial charge in [-0.25, -0.2) is 4.39 Å². The largest absolute Gasteiger partial charge is 0.457 e. The van der Waals surface area contributed by atoms with Crippen molar-refractivity contribution in [2.75, 3.05) is 6.61 Å². The van der Waals surface area contributed by atoms with Crippen LogP contribution in [0, 0.1) is 28.6 Å². The highest BCUT2D eigenvalue weighted by Gasteiger charge is 2.77. The van der Waals surface area contributed by atoms with Gasteiger partial charge in [-0.1, -0.05) is 40.7 Å². The molecule has 1 N–H and O–H groups in total. The number of Topliss-reactive ketones (excluding diaryl/α,β-unsaturated/α-hetero) is 1. The molecule has 224 valence electrons. The Labute approximate surface area is 239 Å². The standard InChI is InChI=1S/C31H39FO9/c1-7-25(36)39-16-24(35)31(41-27(38)9-3)17(4)12-19-20-14-22(40-26(37)8-2)21-13-18(33)10-11-28(21,5)30(20,32)23(34)15-29(19,31)6/h10-11,13-14,17,19-20,23,34H,7-9,12,15-16H2,1-6H3/t17-,19-,20-,23-,28-,29-,30-,31+/m0/s1. The molecule has 4 aliphatic carbocycles. The topological polar surface area (TPSA) is 133 Å². The highest BCUT2D eigenvalue weighted by atomic mass is 19.1. The van der Waals surface area contributed by atoms with E-state index in [0.717, 1.165) is 0 Å². The van der Waals surface area contributed by atoms with E-state index < -0.39 is 82.0 Å². The second-order valence-electron chi connectivity index (χ2n) is 12.0. The molecule has 0 unspecified atom stereocenters. The van der Waals surface area contributed by atoms with E-state index >= 15 is 4.39 Å². The summed E-state index contributed by atoms with van der Waals surface area (Å²) in [7, 11) is 0. The summed E-state index contributed by atoms with van der Waals surface area (Å²) < 4.78 is 34.6. The molecule has 9 nitrogen and oxygen atoms in total. The highest BCUT2D eigenvalue weighted by molar-refractivity contribution is 6.02. The van der Waals surface area contributed by atoms with Crippen LogP contribution in [0.3, 0.4) is 0 Å². The second-order valence-corrected chi connectivity index (χ2v) is 12.0. The molecule has 0 aliphatic heterocycles. The first-order valence-corrected chi connectivity index (χ1v) is 14.3. The van der Waals surface area contributed by atoms with Crippen molar-refractivity contribution in [3.05, 3.63) is 35.6 Å². The Bertz CT molecular complexity index is 1270. The van der Waals surface area contributed by atoms with Gasteiger partial charge < -0.3 is 19.3 Å². The molecule has 0 saturated heterocycles. The lowest BCUT2D eigenvalue weighted by atomic mass is 9.46. The Hall–Kier alpha value is -3.14. The number of esters is 3. The molecule has 4 rings (SSSR count). The fourth-order valence-electron chi connectivity index (χ4n) is 7.84. The minimum absolute atomic E-state index is 0.0294. The fourth-order valence-corrected chi connectivity index (χ4v) is 7.84. The monoisotopic (exact) mass is 574 g/mol. The van der Waals surface area contributed by atoms with Crippen molar-refractivity contribution < 1.29 is 47.7 Å². The van der Waals surface area contributed by atoms with E-state index in [1.807, 2.05) is 0 Å². The van der Waals surface area contributed by atoms with E-state index in [9.17, 15) is 29.1 Å². The predicted molar refractivity (Wildman–Crippen MR) is 144 cm³/mol. The molecule has 2 saturated carbocycles. The lowest BCUT2D eigenvalue weighted by Crippen LogP contribution is -2.69. The average molecular weight is 575 g/mol. The number of carbonyl (C=O) groups excluding carboxylic acids is 5. The maximum absolute atomic E-state index is 17.8.